The maximum Gasteiger partial charge on any atom is 0.466 e. The highest BCUT2D eigenvalue weighted by atomic mass is 31.2. The molecule has 5 nitrogen and oxygen atoms in total. The average molecular weight is 620 g/mol. The van der Waals surface area contributed by atoms with E-state index in [1.165, 1.54) is 219 Å². The molecule has 0 aromatic rings. The van der Waals surface area contributed by atoms with E-state index >= 15 is 0 Å². The van der Waals surface area contributed by atoms with Crippen LogP contribution in [0.1, 0.15) is 219 Å². The summed E-state index contributed by atoms with van der Waals surface area (Å²) in [5, 5.41) is 3.68. The molecule has 0 bridgehead atoms. The number of unbranched alkanes of at least 4 members (excludes halogenated alkanes) is 30. The van der Waals surface area contributed by atoms with Crippen LogP contribution >= 0.6 is 7.82 Å². The van der Waals surface area contributed by atoms with Gasteiger partial charge in [0.05, 0.1) is 0 Å². The van der Waals surface area contributed by atoms with Gasteiger partial charge in [0.25, 0.3) is 0 Å². The smallest absolute Gasteiger partial charge is 0.317 e. The Labute approximate surface area is 264 Å². The van der Waals surface area contributed by atoms with E-state index in [2.05, 4.69) is 19.2 Å². The van der Waals surface area contributed by atoms with Gasteiger partial charge < -0.3 is 20.0 Å². The Hall–Kier alpha value is 0.0700. The topological polar surface area (TPSA) is 89.8 Å². The van der Waals surface area contributed by atoms with E-state index in [1.807, 2.05) is 0 Å². The van der Waals surface area contributed by atoms with Gasteiger partial charge in [0, 0.05) is 0 Å². The molecule has 4 N–H and O–H groups in total. The molecule has 0 aliphatic heterocycles. The molecule has 0 unspecified atom stereocenters. The van der Waals surface area contributed by atoms with Crippen molar-refractivity contribution in [3.05, 3.63) is 0 Å². The second kappa shape index (κ2) is 39.1. The fraction of sp³-hybridized carbons (Fsp3) is 1.00. The summed E-state index contributed by atoms with van der Waals surface area (Å²) in [6.07, 6.45) is 46.7. The van der Waals surface area contributed by atoms with E-state index in [1.54, 1.807) is 0 Å². The molecule has 0 fully saturated rings. The van der Waals surface area contributed by atoms with Crippen molar-refractivity contribution in [3.63, 3.8) is 0 Å². The van der Waals surface area contributed by atoms with Gasteiger partial charge in [-0.25, -0.2) is 4.57 Å². The van der Waals surface area contributed by atoms with E-state index in [0.717, 1.165) is 0 Å². The van der Waals surface area contributed by atoms with Crippen molar-refractivity contribution < 1.29 is 19.2 Å². The zero-order valence-corrected chi connectivity index (χ0v) is 29.6. The molecule has 0 radical (unpaired) electrons. The summed E-state index contributed by atoms with van der Waals surface area (Å²) in [6, 6.07) is 0. The van der Waals surface area contributed by atoms with Gasteiger partial charge in [0.15, 0.2) is 0 Å². The summed E-state index contributed by atoms with van der Waals surface area (Å²) < 4.78 is 8.88. The van der Waals surface area contributed by atoms with Crippen LogP contribution in [0.3, 0.4) is 0 Å². The molecule has 0 amide bonds. The van der Waals surface area contributed by atoms with Gasteiger partial charge in [0.2, 0.25) is 0 Å². The molecule has 0 saturated heterocycles. The Balaban J connectivity index is 0. The maximum atomic E-state index is 8.88. The van der Waals surface area contributed by atoms with E-state index in [-0.39, 0.29) is 0 Å². The molecule has 0 spiro atoms. The molecule has 256 valence electrons. The van der Waals surface area contributed by atoms with Crippen LogP contribution in [0.4, 0.5) is 0 Å². The molecule has 0 aromatic carbocycles. The first-order valence-electron chi connectivity index (χ1n) is 18.9. The molecule has 0 aromatic heterocycles. The highest BCUT2D eigenvalue weighted by molar-refractivity contribution is 7.45. The second-order valence-electron chi connectivity index (χ2n) is 12.9. The summed E-state index contributed by atoms with van der Waals surface area (Å²) in [5.41, 5.74) is 0. The van der Waals surface area contributed by atoms with E-state index in [0.29, 0.717) is 0 Å². The second-order valence-corrected chi connectivity index (χ2v) is 13.9. The third-order valence-corrected chi connectivity index (χ3v) is 8.41. The first-order valence-corrected chi connectivity index (χ1v) is 20.5. The van der Waals surface area contributed by atoms with Crippen LogP contribution in [0, 0.1) is 0 Å². The molecule has 0 aliphatic carbocycles. The Morgan fingerprint density at radius 2 is 0.476 bits per heavy atom. The zero-order chi connectivity index (χ0) is 31.2. The molecule has 0 aliphatic rings. The monoisotopic (exact) mass is 620 g/mol. The van der Waals surface area contributed by atoms with Gasteiger partial charge in [-0.3, -0.25) is 0 Å². The quantitative estimate of drug-likeness (QED) is 0.0425. The van der Waals surface area contributed by atoms with Crippen molar-refractivity contribution in [1.29, 1.82) is 0 Å². The lowest BCUT2D eigenvalue weighted by atomic mass is 10.0. The Bertz CT molecular complexity index is 472. The van der Waals surface area contributed by atoms with Gasteiger partial charge in [-0.15, -0.1) is 0 Å². The highest BCUT2D eigenvalue weighted by Crippen LogP contribution is 2.25. The van der Waals surface area contributed by atoms with Gasteiger partial charge in [-0.2, -0.15) is 0 Å². The van der Waals surface area contributed by atoms with Gasteiger partial charge in [-0.1, -0.05) is 206 Å². The fourth-order valence-corrected chi connectivity index (χ4v) is 5.72. The summed E-state index contributed by atoms with van der Waals surface area (Å²) >= 11 is 0. The predicted molar refractivity (Wildman–Crippen MR) is 186 cm³/mol. The van der Waals surface area contributed by atoms with Crippen molar-refractivity contribution in [3.8, 4) is 0 Å². The van der Waals surface area contributed by atoms with E-state index in [4.69, 9.17) is 19.2 Å². The number of nitrogens with one attached hydrogen (secondary N) is 1. The Morgan fingerprint density at radius 1 is 0.333 bits per heavy atom. The van der Waals surface area contributed by atoms with E-state index in [9.17, 15) is 0 Å². The number of rotatable bonds is 34. The Morgan fingerprint density at radius 3 is 0.643 bits per heavy atom. The van der Waals surface area contributed by atoms with E-state index < -0.39 is 7.82 Å². The molecule has 42 heavy (non-hydrogen) atoms. The van der Waals surface area contributed by atoms with Crippen molar-refractivity contribution in [2.75, 3.05) is 13.1 Å². The van der Waals surface area contributed by atoms with Crippen molar-refractivity contribution in [1.82, 2.24) is 5.32 Å². The van der Waals surface area contributed by atoms with Crippen LogP contribution < -0.4 is 5.32 Å². The third kappa shape index (κ3) is 52.7. The maximum absolute atomic E-state index is 8.88. The summed E-state index contributed by atoms with van der Waals surface area (Å²) in [5.74, 6) is 0. The number of hydrogen-bond acceptors (Lipinski definition) is 2. The standard InChI is InChI=1S/C36H75N.H3O4P/c1-3-5-7-9-11-13-15-17-19-21-23-25-27-29-31-33-35-37-36-34-32-30-28-26-24-22-20-18-16-14-12-10-8-6-4-2;1-5(2,3)4/h37H,3-36H2,1-2H3;(H3,1,2,3,4). The summed E-state index contributed by atoms with van der Waals surface area (Å²) in [4.78, 5) is 21.6. The normalized spacial score (nSPS) is 11.5. The third-order valence-electron chi connectivity index (χ3n) is 8.41. The SMILES string of the molecule is CCCCCCCCCCCCCCCCCCNCCCCCCCCCCCCCCCCCC.O=P(O)(O)O. The molecule has 0 atom stereocenters. The molecular formula is C36H78NO4P. The average Bonchev–Trinajstić information content (AvgIpc) is 2.94. The first kappa shape index (κ1) is 44.2. The minimum absolute atomic E-state index is 1.25. The number of phosphoric acid groups is 1. The highest BCUT2D eigenvalue weighted by Gasteiger charge is 2.00. The minimum Gasteiger partial charge on any atom is -0.317 e. The predicted octanol–water partition coefficient (Wildman–Crippen LogP) is 12.2. The van der Waals surface area contributed by atoms with Crippen molar-refractivity contribution >= 4 is 7.82 Å². The molecule has 0 heterocycles. The fourth-order valence-electron chi connectivity index (χ4n) is 5.72. The zero-order valence-electron chi connectivity index (χ0n) is 28.7. The van der Waals surface area contributed by atoms with Crippen LogP contribution in [-0.4, -0.2) is 27.8 Å². The lowest BCUT2D eigenvalue weighted by Crippen LogP contribution is -2.16. The molecule has 6 heteroatoms. The van der Waals surface area contributed by atoms with Crippen LogP contribution in [0.15, 0.2) is 0 Å². The first-order chi connectivity index (χ1) is 20.4. The van der Waals surface area contributed by atoms with Crippen LogP contribution in [0.5, 0.6) is 0 Å². The lowest BCUT2D eigenvalue weighted by molar-refractivity contribution is 0.275. The van der Waals surface area contributed by atoms with Gasteiger partial charge >= 0.3 is 7.82 Å². The van der Waals surface area contributed by atoms with Crippen LogP contribution in [0.2, 0.25) is 0 Å². The number of hydrogen-bond donors (Lipinski definition) is 4. The lowest BCUT2D eigenvalue weighted by Gasteiger charge is -2.06. The molecule has 0 saturated carbocycles. The van der Waals surface area contributed by atoms with Gasteiger partial charge in [-0.05, 0) is 25.9 Å². The Kier molecular flexibility index (Phi) is 41.1. The minimum atomic E-state index is -4.64. The van der Waals surface area contributed by atoms with Crippen LogP contribution in [-0.2, 0) is 4.57 Å². The molecular weight excluding hydrogens is 541 g/mol. The van der Waals surface area contributed by atoms with Crippen molar-refractivity contribution in [2.45, 2.75) is 219 Å². The van der Waals surface area contributed by atoms with Crippen LogP contribution in [0.25, 0.3) is 0 Å². The van der Waals surface area contributed by atoms with Crippen molar-refractivity contribution in [2.24, 2.45) is 0 Å². The van der Waals surface area contributed by atoms with Gasteiger partial charge in [0.1, 0.15) is 0 Å². The largest absolute Gasteiger partial charge is 0.466 e. The summed E-state index contributed by atoms with van der Waals surface area (Å²) in [6.45, 7) is 7.11. The summed E-state index contributed by atoms with van der Waals surface area (Å²) in [7, 11) is -4.64. The molecule has 0 rings (SSSR count).